The number of hydrogen-bond acceptors (Lipinski definition) is 6. The van der Waals surface area contributed by atoms with Crippen LogP contribution in [0.25, 0.3) is 0 Å². The summed E-state index contributed by atoms with van der Waals surface area (Å²) >= 11 is 1.40. The van der Waals surface area contributed by atoms with E-state index < -0.39 is 0 Å². The van der Waals surface area contributed by atoms with Gasteiger partial charge in [-0.15, -0.1) is 10.2 Å². The lowest BCUT2D eigenvalue weighted by molar-refractivity contribution is 0.252. The van der Waals surface area contributed by atoms with Crippen LogP contribution in [0.15, 0.2) is 58.2 Å². The minimum Gasteiger partial charge on any atom is -0.484 e. The number of rotatable bonds is 6. The molecule has 1 aromatic heterocycles. The summed E-state index contributed by atoms with van der Waals surface area (Å²) in [5.74, 6) is 1.78. The first kappa shape index (κ1) is 16.1. The summed E-state index contributed by atoms with van der Waals surface area (Å²) in [5.41, 5.74) is 2.78. The maximum atomic E-state index is 9.09. The Morgan fingerprint density at radius 3 is 2.71 bits per heavy atom. The first-order valence-electron chi connectivity index (χ1n) is 7.37. The second-order valence-corrected chi connectivity index (χ2v) is 6.05. The van der Waals surface area contributed by atoms with Gasteiger partial charge in [0.05, 0.1) is 11.6 Å². The first-order valence-corrected chi connectivity index (χ1v) is 8.36. The lowest BCUT2D eigenvalue weighted by Gasteiger charge is -2.03. The molecule has 6 heteroatoms. The standard InChI is InChI=1S/C18H15N3O2S/c1-13-6-8-16(9-7-13)22-11-17-20-21-18(23-17)24-12-15-5-3-2-4-14(15)10-19/h2-9H,11-12H2,1H3. The molecule has 0 N–H and O–H groups in total. The highest BCUT2D eigenvalue weighted by Crippen LogP contribution is 2.23. The van der Waals surface area contributed by atoms with Gasteiger partial charge < -0.3 is 9.15 Å². The molecule has 0 saturated heterocycles. The molecule has 2 aromatic carbocycles. The topological polar surface area (TPSA) is 71.9 Å². The van der Waals surface area contributed by atoms with Crippen molar-refractivity contribution in [2.24, 2.45) is 0 Å². The quantitative estimate of drug-likeness (QED) is 0.630. The van der Waals surface area contributed by atoms with Gasteiger partial charge in [0, 0.05) is 5.75 Å². The van der Waals surface area contributed by atoms with Crippen LogP contribution in [0, 0.1) is 18.3 Å². The number of thioether (sulfide) groups is 1. The van der Waals surface area contributed by atoms with Crippen LogP contribution in [0.5, 0.6) is 5.75 Å². The molecule has 0 radical (unpaired) electrons. The molecule has 120 valence electrons. The largest absolute Gasteiger partial charge is 0.484 e. The zero-order valence-corrected chi connectivity index (χ0v) is 13.9. The second kappa shape index (κ2) is 7.66. The smallest absolute Gasteiger partial charge is 0.277 e. The van der Waals surface area contributed by atoms with E-state index in [9.17, 15) is 0 Å². The molecule has 0 aliphatic carbocycles. The fraction of sp³-hybridized carbons (Fsp3) is 0.167. The molecular weight excluding hydrogens is 322 g/mol. The van der Waals surface area contributed by atoms with Gasteiger partial charge in [-0.1, -0.05) is 47.7 Å². The summed E-state index contributed by atoms with van der Waals surface area (Å²) in [7, 11) is 0. The fourth-order valence-corrected chi connectivity index (χ4v) is 2.81. The molecule has 3 aromatic rings. The molecule has 1 heterocycles. The monoisotopic (exact) mass is 337 g/mol. The molecule has 0 aliphatic heterocycles. The van der Waals surface area contributed by atoms with Gasteiger partial charge in [-0.25, -0.2) is 0 Å². The van der Waals surface area contributed by atoms with E-state index in [4.69, 9.17) is 14.4 Å². The van der Waals surface area contributed by atoms with Crippen molar-refractivity contribution in [3.05, 3.63) is 71.1 Å². The summed E-state index contributed by atoms with van der Waals surface area (Å²) in [5, 5.41) is 17.5. The Morgan fingerprint density at radius 2 is 1.92 bits per heavy atom. The molecule has 0 fully saturated rings. The Balaban J connectivity index is 1.55. The summed E-state index contributed by atoms with van der Waals surface area (Å²) < 4.78 is 11.2. The number of ether oxygens (including phenoxy) is 1. The molecular formula is C18H15N3O2S. The maximum absolute atomic E-state index is 9.09. The maximum Gasteiger partial charge on any atom is 0.277 e. The molecule has 0 atom stereocenters. The Hall–Kier alpha value is -2.78. The van der Waals surface area contributed by atoms with Gasteiger partial charge in [0.25, 0.3) is 11.1 Å². The van der Waals surface area contributed by atoms with E-state index in [0.717, 1.165) is 11.3 Å². The van der Waals surface area contributed by atoms with E-state index in [1.54, 1.807) is 6.07 Å². The third-order valence-corrected chi connectivity index (χ3v) is 4.19. The van der Waals surface area contributed by atoms with Gasteiger partial charge in [-0.05, 0) is 30.7 Å². The molecule has 0 bridgehead atoms. The van der Waals surface area contributed by atoms with Crippen molar-refractivity contribution in [1.29, 1.82) is 5.26 Å². The van der Waals surface area contributed by atoms with Gasteiger partial charge in [-0.2, -0.15) is 5.26 Å². The highest BCUT2D eigenvalue weighted by Gasteiger charge is 2.09. The minimum absolute atomic E-state index is 0.228. The van der Waals surface area contributed by atoms with Crippen LogP contribution in [0.2, 0.25) is 0 Å². The molecule has 24 heavy (non-hydrogen) atoms. The number of nitriles is 1. The van der Waals surface area contributed by atoms with Crippen LogP contribution < -0.4 is 4.74 Å². The van der Waals surface area contributed by atoms with Gasteiger partial charge in [-0.3, -0.25) is 0 Å². The van der Waals surface area contributed by atoms with Gasteiger partial charge in [0.2, 0.25) is 0 Å². The number of aromatic nitrogens is 2. The van der Waals surface area contributed by atoms with Gasteiger partial charge in [0.15, 0.2) is 6.61 Å². The molecule has 0 unspecified atom stereocenters. The normalized spacial score (nSPS) is 10.3. The van der Waals surface area contributed by atoms with Crippen molar-refractivity contribution < 1.29 is 9.15 Å². The Labute approximate surface area is 144 Å². The summed E-state index contributed by atoms with van der Waals surface area (Å²) in [6.07, 6.45) is 0. The highest BCUT2D eigenvalue weighted by atomic mass is 32.2. The number of aryl methyl sites for hydroxylation is 1. The Morgan fingerprint density at radius 1 is 1.12 bits per heavy atom. The van der Waals surface area contributed by atoms with E-state index in [0.29, 0.717) is 22.4 Å². The van der Waals surface area contributed by atoms with Crippen LogP contribution >= 0.6 is 11.8 Å². The Kier molecular flexibility index (Phi) is 5.14. The number of hydrogen-bond donors (Lipinski definition) is 0. The van der Waals surface area contributed by atoms with E-state index in [-0.39, 0.29) is 6.61 Å². The van der Waals surface area contributed by atoms with E-state index in [2.05, 4.69) is 16.3 Å². The third kappa shape index (κ3) is 4.15. The van der Waals surface area contributed by atoms with Crippen LogP contribution in [0.3, 0.4) is 0 Å². The second-order valence-electron chi connectivity index (χ2n) is 5.12. The van der Waals surface area contributed by atoms with Gasteiger partial charge >= 0.3 is 0 Å². The molecule has 3 rings (SSSR count). The van der Waals surface area contributed by atoms with Crippen molar-refractivity contribution in [3.8, 4) is 11.8 Å². The Bertz CT molecular complexity index is 853. The number of benzene rings is 2. The van der Waals surface area contributed by atoms with Crippen molar-refractivity contribution in [1.82, 2.24) is 10.2 Å². The SMILES string of the molecule is Cc1ccc(OCc2nnc(SCc3ccccc3C#N)o2)cc1. The van der Waals surface area contributed by atoms with Crippen LogP contribution in [0.4, 0.5) is 0 Å². The molecule has 0 spiro atoms. The molecule has 0 saturated carbocycles. The third-order valence-electron chi connectivity index (χ3n) is 3.32. The summed E-state index contributed by atoms with van der Waals surface area (Å²) in [6.45, 7) is 2.25. The van der Waals surface area contributed by atoms with E-state index in [1.165, 1.54) is 17.3 Å². The van der Waals surface area contributed by atoms with Crippen LogP contribution in [0.1, 0.15) is 22.6 Å². The lowest BCUT2D eigenvalue weighted by atomic mass is 10.1. The molecule has 5 nitrogen and oxygen atoms in total. The van der Waals surface area contributed by atoms with Crippen molar-refractivity contribution in [2.75, 3.05) is 0 Å². The average molecular weight is 337 g/mol. The van der Waals surface area contributed by atoms with Crippen molar-refractivity contribution in [2.45, 2.75) is 24.5 Å². The zero-order valence-electron chi connectivity index (χ0n) is 13.1. The summed E-state index contributed by atoms with van der Waals surface area (Å²) in [6, 6.07) is 17.4. The van der Waals surface area contributed by atoms with E-state index >= 15 is 0 Å². The minimum atomic E-state index is 0.228. The van der Waals surface area contributed by atoms with Gasteiger partial charge in [0.1, 0.15) is 5.75 Å². The fourth-order valence-electron chi connectivity index (χ4n) is 2.03. The van der Waals surface area contributed by atoms with Crippen molar-refractivity contribution >= 4 is 11.8 Å². The summed E-state index contributed by atoms with van der Waals surface area (Å²) in [4.78, 5) is 0. The predicted octanol–water partition coefficient (Wildman–Crippen LogP) is 4.12. The predicted molar refractivity (Wildman–Crippen MR) is 90.5 cm³/mol. The lowest BCUT2D eigenvalue weighted by Crippen LogP contribution is -1.95. The first-order chi connectivity index (χ1) is 11.7. The van der Waals surface area contributed by atoms with Crippen LogP contribution in [-0.4, -0.2) is 10.2 Å². The van der Waals surface area contributed by atoms with E-state index in [1.807, 2.05) is 49.4 Å². The molecule has 0 amide bonds. The van der Waals surface area contributed by atoms with Crippen LogP contribution in [-0.2, 0) is 12.4 Å². The zero-order chi connectivity index (χ0) is 16.8. The van der Waals surface area contributed by atoms with Crippen molar-refractivity contribution in [3.63, 3.8) is 0 Å². The molecule has 0 aliphatic rings. The highest BCUT2D eigenvalue weighted by molar-refractivity contribution is 7.98. The average Bonchev–Trinajstić information content (AvgIpc) is 3.07. The number of nitrogens with zero attached hydrogens (tertiary/aromatic N) is 3.